The van der Waals surface area contributed by atoms with Crippen LogP contribution in [-0.2, 0) is 19.6 Å². The standard InChI is InChI=1S/C10H19NO4S/c1-6-16(13,14)11(5)7-9(4)15-10(12)8(2)3/h9H,2,6-7H2,1,3-5H3. The molecule has 0 aliphatic heterocycles. The fourth-order valence-corrected chi connectivity index (χ4v) is 1.89. The Hall–Kier alpha value is -0.880. The van der Waals surface area contributed by atoms with E-state index in [0.29, 0.717) is 5.57 Å². The molecule has 0 heterocycles. The summed E-state index contributed by atoms with van der Waals surface area (Å²) in [4.78, 5) is 11.2. The predicted octanol–water partition coefficient (Wildman–Crippen LogP) is 0.776. The zero-order chi connectivity index (χ0) is 12.9. The number of hydrogen-bond donors (Lipinski definition) is 0. The zero-order valence-corrected chi connectivity index (χ0v) is 11.0. The Morgan fingerprint density at radius 1 is 1.50 bits per heavy atom. The number of sulfonamides is 1. The number of carbonyl (C=O) groups excluding carboxylic acids is 1. The first-order valence-electron chi connectivity index (χ1n) is 5.01. The van der Waals surface area contributed by atoms with Gasteiger partial charge < -0.3 is 4.74 Å². The van der Waals surface area contributed by atoms with Crippen molar-refractivity contribution in [1.82, 2.24) is 4.31 Å². The maximum absolute atomic E-state index is 11.4. The molecule has 0 saturated carbocycles. The Morgan fingerprint density at radius 3 is 2.38 bits per heavy atom. The van der Waals surface area contributed by atoms with Gasteiger partial charge in [0.1, 0.15) is 6.10 Å². The fourth-order valence-electron chi connectivity index (χ4n) is 1.02. The lowest BCUT2D eigenvalue weighted by Crippen LogP contribution is -2.36. The summed E-state index contributed by atoms with van der Waals surface area (Å²) in [5.74, 6) is -0.472. The number of ether oxygens (including phenoxy) is 1. The molecule has 0 saturated heterocycles. The average Bonchev–Trinajstić information content (AvgIpc) is 2.17. The Bertz CT molecular complexity index is 361. The van der Waals surface area contributed by atoms with Gasteiger partial charge in [-0.1, -0.05) is 6.58 Å². The van der Waals surface area contributed by atoms with Gasteiger partial charge >= 0.3 is 5.97 Å². The van der Waals surface area contributed by atoms with Crippen molar-refractivity contribution in [3.8, 4) is 0 Å². The molecular weight excluding hydrogens is 230 g/mol. The van der Waals surface area contributed by atoms with Gasteiger partial charge in [-0.05, 0) is 20.8 Å². The number of esters is 1. The second-order valence-electron chi connectivity index (χ2n) is 3.68. The van der Waals surface area contributed by atoms with Gasteiger partial charge in [0.25, 0.3) is 0 Å². The lowest BCUT2D eigenvalue weighted by atomic mass is 10.3. The molecule has 0 spiro atoms. The molecule has 1 atom stereocenters. The third-order valence-electron chi connectivity index (χ3n) is 2.01. The number of rotatable bonds is 6. The normalized spacial score (nSPS) is 13.6. The minimum atomic E-state index is -3.23. The highest BCUT2D eigenvalue weighted by atomic mass is 32.2. The van der Waals surface area contributed by atoms with Crippen molar-refractivity contribution in [2.75, 3.05) is 19.3 Å². The third kappa shape index (κ3) is 4.76. The monoisotopic (exact) mass is 249 g/mol. The van der Waals surface area contributed by atoms with E-state index in [2.05, 4.69) is 6.58 Å². The molecule has 0 aliphatic rings. The van der Waals surface area contributed by atoms with E-state index < -0.39 is 22.1 Å². The van der Waals surface area contributed by atoms with E-state index in [1.165, 1.54) is 11.4 Å². The highest BCUT2D eigenvalue weighted by molar-refractivity contribution is 7.89. The number of likely N-dealkylation sites (N-methyl/N-ethyl adjacent to an activating group) is 1. The molecule has 1 unspecified atom stereocenters. The van der Waals surface area contributed by atoms with Crippen LogP contribution < -0.4 is 0 Å². The molecule has 94 valence electrons. The van der Waals surface area contributed by atoms with Crippen LogP contribution in [0.5, 0.6) is 0 Å². The summed E-state index contributed by atoms with van der Waals surface area (Å²) in [6, 6.07) is 0. The molecule has 0 radical (unpaired) electrons. The van der Waals surface area contributed by atoms with Crippen molar-refractivity contribution in [2.24, 2.45) is 0 Å². The van der Waals surface area contributed by atoms with E-state index in [1.807, 2.05) is 0 Å². The van der Waals surface area contributed by atoms with Gasteiger partial charge in [0.05, 0.1) is 12.3 Å². The summed E-state index contributed by atoms with van der Waals surface area (Å²) in [5, 5.41) is 0. The van der Waals surface area contributed by atoms with Crippen LogP contribution in [0.4, 0.5) is 0 Å². The van der Waals surface area contributed by atoms with Gasteiger partial charge in [-0.2, -0.15) is 0 Å². The molecule has 5 nitrogen and oxygen atoms in total. The van der Waals surface area contributed by atoms with E-state index in [-0.39, 0.29) is 12.3 Å². The first kappa shape index (κ1) is 15.1. The summed E-state index contributed by atoms with van der Waals surface area (Å²) in [5.41, 5.74) is 0.299. The van der Waals surface area contributed by atoms with Gasteiger partial charge in [-0.25, -0.2) is 17.5 Å². The van der Waals surface area contributed by atoms with Gasteiger partial charge in [0.2, 0.25) is 10.0 Å². The maximum atomic E-state index is 11.4. The molecule has 0 bridgehead atoms. The van der Waals surface area contributed by atoms with Crippen LogP contribution in [0.2, 0.25) is 0 Å². The molecule has 0 aromatic carbocycles. The minimum Gasteiger partial charge on any atom is -0.458 e. The van der Waals surface area contributed by atoms with Crippen molar-refractivity contribution in [2.45, 2.75) is 26.9 Å². The predicted molar refractivity (Wildman–Crippen MR) is 62.5 cm³/mol. The Labute approximate surface area is 97.1 Å². The molecule has 0 aromatic heterocycles. The maximum Gasteiger partial charge on any atom is 0.333 e. The number of hydrogen-bond acceptors (Lipinski definition) is 4. The Kier molecular flexibility index (Phi) is 5.67. The van der Waals surface area contributed by atoms with Crippen molar-refractivity contribution in [1.29, 1.82) is 0 Å². The Balaban J connectivity index is 4.31. The third-order valence-corrected chi connectivity index (χ3v) is 3.84. The molecular formula is C10H19NO4S. The summed E-state index contributed by atoms with van der Waals surface area (Å²) in [7, 11) is -1.77. The Morgan fingerprint density at radius 2 is 2.00 bits per heavy atom. The smallest absolute Gasteiger partial charge is 0.333 e. The lowest BCUT2D eigenvalue weighted by molar-refractivity contribution is -0.143. The second-order valence-corrected chi connectivity index (χ2v) is 6.04. The van der Waals surface area contributed by atoms with Crippen molar-refractivity contribution in [3.05, 3.63) is 12.2 Å². The largest absolute Gasteiger partial charge is 0.458 e. The summed E-state index contributed by atoms with van der Waals surface area (Å²) in [6.07, 6.45) is -0.490. The molecule has 0 N–H and O–H groups in total. The molecule has 0 amide bonds. The molecule has 0 aliphatic carbocycles. The van der Waals surface area contributed by atoms with Gasteiger partial charge in [-0.3, -0.25) is 0 Å². The quantitative estimate of drug-likeness (QED) is 0.515. The fraction of sp³-hybridized carbons (Fsp3) is 0.700. The topological polar surface area (TPSA) is 63.7 Å². The van der Waals surface area contributed by atoms with Gasteiger partial charge in [0.15, 0.2) is 0 Å². The van der Waals surface area contributed by atoms with Crippen molar-refractivity contribution in [3.63, 3.8) is 0 Å². The van der Waals surface area contributed by atoms with Crippen LogP contribution in [0, 0.1) is 0 Å². The van der Waals surface area contributed by atoms with E-state index in [4.69, 9.17) is 4.74 Å². The van der Waals surface area contributed by atoms with Gasteiger partial charge in [0, 0.05) is 12.6 Å². The minimum absolute atomic E-state index is 0.0324. The van der Waals surface area contributed by atoms with Crippen LogP contribution in [0.25, 0.3) is 0 Å². The summed E-state index contributed by atoms with van der Waals surface area (Å²) < 4.78 is 29.0. The SMILES string of the molecule is C=C(C)C(=O)OC(C)CN(C)S(=O)(=O)CC. The summed E-state index contributed by atoms with van der Waals surface area (Å²) in [6.45, 7) is 8.34. The molecule has 16 heavy (non-hydrogen) atoms. The highest BCUT2D eigenvalue weighted by Gasteiger charge is 2.19. The van der Waals surface area contributed by atoms with Crippen molar-refractivity contribution < 1.29 is 17.9 Å². The van der Waals surface area contributed by atoms with Gasteiger partial charge in [-0.15, -0.1) is 0 Å². The highest BCUT2D eigenvalue weighted by Crippen LogP contribution is 2.04. The summed E-state index contributed by atoms with van der Waals surface area (Å²) >= 11 is 0. The molecule has 0 rings (SSSR count). The lowest BCUT2D eigenvalue weighted by Gasteiger charge is -2.20. The van der Waals surface area contributed by atoms with Crippen LogP contribution in [0.1, 0.15) is 20.8 Å². The van der Waals surface area contributed by atoms with E-state index in [1.54, 1.807) is 20.8 Å². The first-order valence-corrected chi connectivity index (χ1v) is 6.62. The average molecular weight is 249 g/mol. The van der Waals surface area contributed by atoms with Crippen LogP contribution in [0.3, 0.4) is 0 Å². The molecule has 0 fully saturated rings. The zero-order valence-electron chi connectivity index (χ0n) is 10.2. The van der Waals surface area contributed by atoms with Crippen LogP contribution in [0.15, 0.2) is 12.2 Å². The van der Waals surface area contributed by atoms with Crippen LogP contribution in [-0.4, -0.2) is 44.1 Å². The van der Waals surface area contributed by atoms with E-state index in [0.717, 1.165) is 0 Å². The number of nitrogens with zero attached hydrogens (tertiary/aromatic N) is 1. The molecule has 0 aromatic rings. The second kappa shape index (κ2) is 6.00. The van der Waals surface area contributed by atoms with E-state index >= 15 is 0 Å². The number of carbonyl (C=O) groups is 1. The molecule has 6 heteroatoms. The van der Waals surface area contributed by atoms with Crippen molar-refractivity contribution >= 4 is 16.0 Å². The van der Waals surface area contributed by atoms with E-state index in [9.17, 15) is 13.2 Å². The first-order chi connectivity index (χ1) is 7.20. The van der Waals surface area contributed by atoms with Crippen LogP contribution >= 0.6 is 0 Å².